The van der Waals surface area contributed by atoms with Crippen LogP contribution >= 0.6 is 0 Å². The van der Waals surface area contributed by atoms with E-state index in [2.05, 4.69) is 44.2 Å². The lowest BCUT2D eigenvalue weighted by atomic mass is 10.1. The molecule has 1 saturated heterocycles. The number of ether oxygens (including phenoxy) is 1. The van der Waals surface area contributed by atoms with Crippen LogP contribution in [0.15, 0.2) is 36.4 Å². The van der Waals surface area contributed by atoms with Crippen LogP contribution in [0.1, 0.15) is 36.3 Å². The van der Waals surface area contributed by atoms with Crippen molar-refractivity contribution in [1.82, 2.24) is 24.5 Å². The predicted octanol–water partition coefficient (Wildman–Crippen LogP) is 3.22. The summed E-state index contributed by atoms with van der Waals surface area (Å²) < 4.78 is 9.55. The van der Waals surface area contributed by atoms with Gasteiger partial charge in [0.25, 0.3) is 0 Å². The maximum Gasteiger partial charge on any atom is 0.178 e. The Labute approximate surface area is 153 Å². The van der Waals surface area contributed by atoms with Gasteiger partial charge in [0.1, 0.15) is 5.69 Å². The van der Waals surface area contributed by atoms with Gasteiger partial charge in [-0.3, -0.25) is 4.68 Å². The SMILES string of the molecule is CCn1nc(-c2nc(C3CCOC3)nn2CCc2ccccc2)cc1C. The zero-order valence-electron chi connectivity index (χ0n) is 15.4. The van der Waals surface area contributed by atoms with E-state index in [0.29, 0.717) is 12.5 Å². The molecule has 1 aromatic carbocycles. The summed E-state index contributed by atoms with van der Waals surface area (Å²) in [6.45, 7) is 7.33. The molecule has 2 aromatic heterocycles. The summed E-state index contributed by atoms with van der Waals surface area (Å²) >= 11 is 0. The van der Waals surface area contributed by atoms with E-state index in [9.17, 15) is 0 Å². The van der Waals surface area contributed by atoms with Gasteiger partial charge in [-0.15, -0.1) is 0 Å². The Morgan fingerprint density at radius 2 is 2.00 bits per heavy atom. The highest BCUT2D eigenvalue weighted by atomic mass is 16.5. The van der Waals surface area contributed by atoms with Gasteiger partial charge in [0, 0.05) is 31.3 Å². The van der Waals surface area contributed by atoms with Crippen molar-refractivity contribution in [2.45, 2.75) is 45.7 Å². The molecule has 0 bridgehead atoms. The molecule has 1 atom stereocenters. The molecule has 0 spiro atoms. The average Bonchev–Trinajstić information content (AvgIpc) is 3.39. The number of aromatic nitrogens is 5. The first-order valence-electron chi connectivity index (χ1n) is 9.36. The standard InChI is InChI=1S/C20H25N5O/c1-3-24-15(2)13-18(22-24)20-21-19(17-10-12-26-14-17)23-25(20)11-9-16-7-5-4-6-8-16/h4-8,13,17H,3,9-12,14H2,1-2H3. The maximum absolute atomic E-state index is 5.53. The Bertz CT molecular complexity index is 862. The molecular formula is C20H25N5O. The van der Waals surface area contributed by atoms with Crippen LogP contribution in [-0.2, 0) is 24.2 Å². The monoisotopic (exact) mass is 351 g/mol. The molecular weight excluding hydrogens is 326 g/mol. The first-order valence-corrected chi connectivity index (χ1v) is 9.36. The maximum atomic E-state index is 5.53. The van der Waals surface area contributed by atoms with Crippen LogP contribution in [0.4, 0.5) is 0 Å². The molecule has 1 aliphatic heterocycles. The molecule has 0 aliphatic carbocycles. The van der Waals surface area contributed by atoms with Crippen molar-refractivity contribution < 1.29 is 4.74 Å². The van der Waals surface area contributed by atoms with Crippen molar-refractivity contribution in [1.29, 1.82) is 0 Å². The number of hydrogen-bond acceptors (Lipinski definition) is 4. The summed E-state index contributed by atoms with van der Waals surface area (Å²) in [6, 6.07) is 12.6. The van der Waals surface area contributed by atoms with Gasteiger partial charge in [0.15, 0.2) is 11.6 Å². The lowest BCUT2D eigenvalue weighted by molar-refractivity contribution is 0.193. The molecule has 0 saturated carbocycles. The van der Waals surface area contributed by atoms with Gasteiger partial charge < -0.3 is 4.74 Å². The van der Waals surface area contributed by atoms with Crippen LogP contribution in [-0.4, -0.2) is 37.8 Å². The van der Waals surface area contributed by atoms with E-state index in [-0.39, 0.29) is 0 Å². The summed E-state index contributed by atoms with van der Waals surface area (Å²) in [5, 5.41) is 9.54. The Kier molecular flexibility index (Phi) is 4.84. The van der Waals surface area contributed by atoms with Crippen molar-refractivity contribution in [2.24, 2.45) is 0 Å². The molecule has 1 fully saturated rings. The van der Waals surface area contributed by atoms with Gasteiger partial charge in [-0.25, -0.2) is 9.67 Å². The number of nitrogens with zero attached hydrogens (tertiary/aromatic N) is 5. The molecule has 6 nitrogen and oxygen atoms in total. The summed E-state index contributed by atoms with van der Waals surface area (Å²) in [7, 11) is 0. The Hall–Kier alpha value is -2.47. The van der Waals surface area contributed by atoms with E-state index in [1.807, 2.05) is 15.4 Å². The molecule has 0 radical (unpaired) electrons. The molecule has 26 heavy (non-hydrogen) atoms. The third-order valence-corrected chi connectivity index (χ3v) is 4.95. The van der Waals surface area contributed by atoms with Crippen LogP contribution in [0.5, 0.6) is 0 Å². The van der Waals surface area contributed by atoms with Gasteiger partial charge in [-0.2, -0.15) is 10.2 Å². The van der Waals surface area contributed by atoms with Crippen molar-refractivity contribution >= 4 is 0 Å². The minimum Gasteiger partial charge on any atom is -0.381 e. The van der Waals surface area contributed by atoms with E-state index in [1.54, 1.807) is 0 Å². The average molecular weight is 351 g/mol. The highest BCUT2D eigenvalue weighted by Gasteiger charge is 2.25. The molecule has 136 valence electrons. The van der Waals surface area contributed by atoms with E-state index >= 15 is 0 Å². The van der Waals surface area contributed by atoms with Gasteiger partial charge in [0.2, 0.25) is 0 Å². The molecule has 3 aromatic rings. The fraction of sp³-hybridized carbons (Fsp3) is 0.450. The zero-order chi connectivity index (χ0) is 17.9. The molecule has 1 unspecified atom stereocenters. The van der Waals surface area contributed by atoms with Crippen molar-refractivity contribution in [2.75, 3.05) is 13.2 Å². The summed E-state index contributed by atoms with van der Waals surface area (Å²) in [5.74, 6) is 2.04. The second-order valence-corrected chi connectivity index (χ2v) is 6.80. The number of rotatable bonds is 6. The van der Waals surface area contributed by atoms with Crippen LogP contribution in [0.3, 0.4) is 0 Å². The predicted molar refractivity (Wildman–Crippen MR) is 100.0 cm³/mol. The summed E-state index contributed by atoms with van der Waals surface area (Å²) in [5.41, 5.74) is 3.34. The second kappa shape index (κ2) is 7.41. The smallest absolute Gasteiger partial charge is 0.178 e. The van der Waals surface area contributed by atoms with E-state index < -0.39 is 0 Å². The molecule has 6 heteroatoms. The first-order chi connectivity index (χ1) is 12.7. The third-order valence-electron chi connectivity index (χ3n) is 4.95. The van der Waals surface area contributed by atoms with E-state index in [1.165, 1.54) is 5.56 Å². The minimum absolute atomic E-state index is 0.293. The van der Waals surface area contributed by atoms with Gasteiger partial charge in [0.05, 0.1) is 6.61 Å². The number of hydrogen-bond donors (Lipinski definition) is 0. The number of aryl methyl sites for hydroxylation is 4. The van der Waals surface area contributed by atoms with Crippen molar-refractivity contribution in [3.05, 3.63) is 53.5 Å². The van der Waals surface area contributed by atoms with Gasteiger partial charge in [-0.05, 0) is 38.3 Å². The highest BCUT2D eigenvalue weighted by Crippen LogP contribution is 2.26. The quantitative estimate of drug-likeness (QED) is 0.684. The highest BCUT2D eigenvalue weighted by molar-refractivity contribution is 5.50. The molecule has 0 amide bonds. The van der Waals surface area contributed by atoms with Crippen molar-refractivity contribution in [3.8, 4) is 11.5 Å². The number of benzene rings is 1. The summed E-state index contributed by atoms with van der Waals surface area (Å²) in [6.07, 6.45) is 1.91. The van der Waals surface area contributed by atoms with Crippen LogP contribution in [0, 0.1) is 6.92 Å². The largest absolute Gasteiger partial charge is 0.381 e. The normalized spacial score (nSPS) is 17.1. The van der Waals surface area contributed by atoms with Crippen LogP contribution < -0.4 is 0 Å². The van der Waals surface area contributed by atoms with E-state index in [0.717, 1.165) is 55.6 Å². The summed E-state index contributed by atoms with van der Waals surface area (Å²) in [4.78, 5) is 4.86. The topological polar surface area (TPSA) is 57.8 Å². The molecule has 3 heterocycles. The van der Waals surface area contributed by atoms with Crippen LogP contribution in [0.25, 0.3) is 11.5 Å². The lowest BCUT2D eigenvalue weighted by Gasteiger charge is -2.05. The minimum atomic E-state index is 0.293. The fourth-order valence-electron chi connectivity index (χ4n) is 3.44. The van der Waals surface area contributed by atoms with E-state index in [4.69, 9.17) is 19.9 Å². The van der Waals surface area contributed by atoms with Gasteiger partial charge >= 0.3 is 0 Å². The zero-order valence-corrected chi connectivity index (χ0v) is 15.4. The first kappa shape index (κ1) is 17.0. The second-order valence-electron chi connectivity index (χ2n) is 6.80. The van der Waals surface area contributed by atoms with Gasteiger partial charge in [-0.1, -0.05) is 30.3 Å². The van der Waals surface area contributed by atoms with Crippen LogP contribution in [0.2, 0.25) is 0 Å². The Morgan fingerprint density at radius 1 is 1.15 bits per heavy atom. The van der Waals surface area contributed by atoms with Crippen molar-refractivity contribution in [3.63, 3.8) is 0 Å². The Balaban J connectivity index is 1.65. The fourth-order valence-corrected chi connectivity index (χ4v) is 3.44. The lowest BCUT2D eigenvalue weighted by Crippen LogP contribution is -2.07. The molecule has 4 rings (SSSR count). The molecule has 1 aliphatic rings. The molecule has 0 N–H and O–H groups in total. The third kappa shape index (κ3) is 3.42. The Morgan fingerprint density at radius 3 is 2.69 bits per heavy atom.